The molecule has 1 aromatic rings. The van der Waals surface area contributed by atoms with Gasteiger partial charge in [0.1, 0.15) is 0 Å². The molecule has 0 fully saturated rings. The third-order valence-electron chi connectivity index (χ3n) is 3.49. The van der Waals surface area contributed by atoms with E-state index >= 15 is 0 Å². The molecule has 112 valence electrons. The topological polar surface area (TPSA) is 17.1 Å². The summed E-state index contributed by atoms with van der Waals surface area (Å²) in [6.45, 7) is 2.23. The molecule has 1 rings (SSSR count). The number of rotatable bonds is 10. The molecule has 20 heavy (non-hydrogen) atoms. The van der Waals surface area contributed by atoms with E-state index in [0.29, 0.717) is 17.0 Å². The third kappa shape index (κ3) is 6.90. The fraction of sp³-hybridized carbons (Fsp3) is 0.588. The normalized spacial score (nSPS) is 10.8. The zero-order valence-electron chi connectivity index (χ0n) is 12.3. The van der Waals surface area contributed by atoms with Crippen LogP contribution < -0.4 is 0 Å². The van der Waals surface area contributed by atoms with Crippen LogP contribution in [-0.2, 0) is 0 Å². The van der Waals surface area contributed by atoms with Gasteiger partial charge in [-0.05, 0) is 24.6 Å². The summed E-state index contributed by atoms with van der Waals surface area (Å²) in [5, 5.41) is 0.553. The molecule has 0 aliphatic heterocycles. The van der Waals surface area contributed by atoms with Gasteiger partial charge in [0.05, 0.1) is 5.02 Å². The summed E-state index contributed by atoms with van der Waals surface area (Å²) in [6.07, 6.45) is 10.6. The predicted molar refractivity (Wildman–Crippen MR) is 90.7 cm³/mol. The van der Waals surface area contributed by atoms with E-state index in [1.807, 2.05) is 12.1 Å². The number of unbranched alkanes of at least 4 members (excludes halogenated alkanes) is 7. The van der Waals surface area contributed by atoms with Crippen LogP contribution in [-0.4, -0.2) is 5.78 Å². The molecule has 0 unspecified atom stereocenters. The van der Waals surface area contributed by atoms with Gasteiger partial charge in [0.15, 0.2) is 5.78 Å². The van der Waals surface area contributed by atoms with E-state index < -0.39 is 0 Å². The summed E-state index contributed by atoms with van der Waals surface area (Å²) in [6, 6.07) is 5.44. The van der Waals surface area contributed by atoms with E-state index in [-0.39, 0.29) is 5.78 Å². The standard InChI is InChI=1S/C17H24BrClO/c1-2-3-4-5-6-7-8-9-10-17(20)15-13-14(18)11-12-16(15)19/h11-13H,2-10H2,1H3. The van der Waals surface area contributed by atoms with E-state index in [0.717, 1.165) is 17.3 Å². The SMILES string of the molecule is CCCCCCCCCCC(=O)c1cc(Br)ccc1Cl. The lowest BCUT2D eigenvalue weighted by Crippen LogP contribution is -2.00. The van der Waals surface area contributed by atoms with Gasteiger partial charge in [-0.2, -0.15) is 0 Å². The van der Waals surface area contributed by atoms with Gasteiger partial charge in [-0.15, -0.1) is 0 Å². The minimum atomic E-state index is 0.155. The van der Waals surface area contributed by atoms with Gasteiger partial charge in [-0.1, -0.05) is 79.4 Å². The molecule has 0 saturated carbocycles. The summed E-state index contributed by atoms with van der Waals surface area (Å²) in [7, 11) is 0. The Labute approximate surface area is 136 Å². The summed E-state index contributed by atoms with van der Waals surface area (Å²) in [5.74, 6) is 0.155. The largest absolute Gasteiger partial charge is 0.294 e. The lowest BCUT2D eigenvalue weighted by Gasteiger charge is -2.05. The molecule has 0 aromatic heterocycles. The fourth-order valence-corrected chi connectivity index (χ4v) is 2.85. The van der Waals surface area contributed by atoms with Crippen LogP contribution in [0.1, 0.15) is 75.1 Å². The van der Waals surface area contributed by atoms with Gasteiger partial charge >= 0.3 is 0 Å². The van der Waals surface area contributed by atoms with E-state index in [1.165, 1.54) is 38.5 Å². The summed E-state index contributed by atoms with van der Waals surface area (Å²) < 4.78 is 0.904. The van der Waals surface area contributed by atoms with Crippen molar-refractivity contribution in [3.8, 4) is 0 Å². The molecule has 0 bridgehead atoms. The highest BCUT2D eigenvalue weighted by atomic mass is 79.9. The van der Waals surface area contributed by atoms with Gasteiger partial charge in [-0.25, -0.2) is 0 Å². The lowest BCUT2D eigenvalue weighted by molar-refractivity contribution is 0.0979. The third-order valence-corrected chi connectivity index (χ3v) is 4.31. The average Bonchev–Trinajstić information content (AvgIpc) is 2.44. The number of carbonyl (C=O) groups excluding carboxylic acids is 1. The Hall–Kier alpha value is -0.340. The van der Waals surface area contributed by atoms with Gasteiger partial charge < -0.3 is 0 Å². The van der Waals surface area contributed by atoms with Gasteiger partial charge in [-0.3, -0.25) is 4.79 Å². The van der Waals surface area contributed by atoms with Crippen molar-refractivity contribution >= 4 is 33.3 Å². The van der Waals surface area contributed by atoms with Crippen LogP contribution in [0, 0.1) is 0 Å². The van der Waals surface area contributed by atoms with Gasteiger partial charge in [0, 0.05) is 16.5 Å². The van der Waals surface area contributed by atoms with E-state index in [4.69, 9.17) is 11.6 Å². The number of Topliss-reactive ketones (excluding diaryl/α,β-unsaturated/α-hetero) is 1. The lowest BCUT2D eigenvalue weighted by atomic mass is 10.0. The molecule has 3 heteroatoms. The highest BCUT2D eigenvalue weighted by molar-refractivity contribution is 9.10. The van der Waals surface area contributed by atoms with Crippen molar-refractivity contribution in [1.82, 2.24) is 0 Å². The first kappa shape index (κ1) is 17.7. The molecule has 0 atom stereocenters. The van der Waals surface area contributed by atoms with Crippen LogP contribution in [0.4, 0.5) is 0 Å². The van der Waals surface area contributed by atoms with Crippen molar-refractivity contribution in [2.45, 2.75) is 64.7 Å². The average molecular weight is 360 g/mol. The maximum absolute atomic E-state index is 12.1. The second kappa shape index (κ2) is 10.4. The highest BCUT2D eigenvalue weighted by Gasteiger charge is 2.10. The first-order valence-electron chi connectivity index (χ1n) is 7.63. The fourth-order valence-electron chi connectivity index (χ4n) is 2.27. The van der Waals surface area contributed by atoms with Crippen LogP contribution >= 0.6 is 27.5 Å². The minimum absolute atomic E-state index is 0.155. The molecule has 1 nitrogen and oxygen atoms in total. The number of hydrogen-bond acceptors (Lipinski definition) is 1. The monoisotopic (exact) mass is 358 g/mol. The number of ketones is 1. The second-order valence-electron chi connectivity index (χ2n) is 5.27. The molecule has 0 radical (unpaired) electrons. The Bertz CT molecular complexity index is 417. The van der Waals surface area contributed by atoms with E-state index in [9.17, 15) is 4.79 Å². The second-order valence-corrected chi connectivity index (χ2v) is 6.60. The molecule has 0 N–H and O–H groups in total. The van der Waals surface area contributed by atoms with Crippen molar-refractivity contribution < 1.29 is 4.79 Å². The van der Waals surface area contributed by atoms with Gasteiger partial charge in [0.2, 0.25) is 0 Å². The van der Waals surface area contributed by atoms with Crippen molar-refractivity contribution in [2.75, 3.05) is 0 Å². The Balaban J connectivity index is 2.18. The smallest absolute Gasteiger partial charge is 0.164 e. The van der Waals surface area contributed by atoms with Crippen LogP contribution in [0.15, 0.2) is 22.7 Å². The zero-order chi connectivity index (χ0) is 14.8. The van der Waals surface area contributed by atoms with Crippen LogP contribution in [0.25, 0.3) is 0 Å². The molecular weight excluding hydrogens is 336 g/mol. The van der Waals surface area contributed by atoms with Gasteiger partial charge in [0.25, 0.3) is 0 Å². The predicted octanol–water partition coefficient (Wildman–Crippen LogP) is 6.82. The molecule has 1 aromatic carbocycles. The van der Waals surface area contributed by atoms with Crippen molar-refractivity contribution in [2.24, 2.45) is 0 Å². The number of benzene rings is 1. The Kier molecular flexibility index (Phi) is 9.21. The number of halogens is 2. The van der Waals surface area contributed by atoms with Crippen LogP contribution in [0.3, 0.4) is 0 Å². The first-order chi connectivity index (χ1) is 9.65. The minimum Gasteiger partial charge on any atom is -0.294 e. The summed E-state index contributed by atoms with van der Waals surface area (Å²) >= 11 is 9.44. The molecule has 0 heterocycles. The highest BCUT2D eigenvalue weighted by Crippen LogP contribution is 2.23. The maximum Gasteiger partial charge on any atom is 0.164 e. The molecular formula is C17H24BrClO. The number of carbonyl (C=O) groups is 1. The maximum atomic E-state index is 12.1. The Morgan fingerprint density at radius 3 is 2.30 bits per heavy atom. The molecule has 0 spiro atoms. The molecule has 0 amide bonds. The van der Waals surface area contributed by atoms with Crippen molar-refractivity contribution in [1.29, 1.82) is 0 Å². The number of hydrogen-bond donors (Lipinski definition) is 0. The quantitative estimate of drug-likeness (QED) is 0.331. The van der Waals surface area contributed by atoms with E-state index in [1.54, 1.807) is 6.07 Å². The van der Waals surface area contributed by atoms with Crippen LogP contribution in [0.5, 0.6) is 0 Å². The molecule has 0 aliphatic rings. The zero-order valence-corrected chi connectivity index (χ0v) is 14.6. The van der Waals surface area contributed by atoms with Crippen molar-refractivity contribution in [3.63, 3.8) is 0 Å². The molecule has 0 aliphatic carbocycles. The first-order valence-corrected chi connectivity index (χ1v) is 8.80. The Morgan fingerprint density at radius 1 is 1.05 bits per heavy atom. The molecule has 0 saturated heterocycles. The summed E-state index contributed by atoms with van der Waals surface area (Å²) in [4.78, 5) is 12.1. The van der Waals surface area contributed by atoms with Crippen molar-refractivity contribution in [3.05, 3.63) is 33.3 Å². The van der Waals surface area contributed by atoms with Crippen LogP contribution in [0.2, 0.25) is 5.02 Å². The summed E-state index contributed by atoms with van der Waals surface area (Å²) in [5.41, 5.74) is 0.643. The van der Waals surface area contributed by atoms with E-state index in [2.05, 4.69) is 22.9 Å². The Morgan fingerprint density at radius 2 is 1.65 bits per heavy atom.